The van der Waals surface area contributed by atoms with Gasteiger partial charge in [0.05, 0.1) is 0 Å². The lowest BCUT2D eigenvalue weighted by molar-refractivity contribution is -0.498. The Kier molecular flexibility index (Phi) is 3.72. The molecule has 0 spiro atoms. The molecule has 86 valence electrons. The molecule has 0 saturated carbocycles. The van der Waals surface area contributed by atoms with Gasteiger partial charge >= 0.3 is 5.97 Å². The number of rotatable bonds is 5. The highest BCUT2D eigenvalue weighted by molar-refractivity contribution is 5.77. The lowest BCUT2D eigenvalue weighted by atomic mass is 10.2. The van der Waals surface area contributed by atoms with Crippen molar-refractivity contribution in [3.8, 4) is 0 Å². The van der Waals surface area contributed by atoms with Crippen molar-refractivity contribution < 1.29 is 14.9 Å². The molecule has 0 fully saturated rings. The van der Waals surface area contributed by atoms with Crippen molar-refractivity contribution in [2.75, 3.05) is 11.6 Å². The minimum atomic E-state index is -1.41. The highest BCUT2D eigenvalue weighted by Crippen LogP contribution is 2.15. The lowest BCUT2D eigenvalue weighted by Gasteiger charge is -2.19. The number of carboxylic acids is 1. The molecule has 1 aromatic rings. The number of hydrazine groups is 1. The number of nitrogens with zero attached hydrogens (tertiary/aromatic N) is 3. The van der Waals surface area contributed by atoms with Crippen molar-refractivity contribution in [3.63, 3.8) is 0 Å². The molecule has 3 N–H and O–H groups in total. The highest BCUT2D eigenvalue weighted by atomic mass is 16.7. The van der Waals surface area contributed by atoms with E-state index in [2.05, 4.69) is 4.98 Å². The van der Waals surface area contributed by atoms with E-state index in [1.807, 2.05) is 0 Å². The van der Waals surface area contributed by atoms with Gasteiger partial charge in [-0.15, -0.1) is 0 Å². The Morgan fingerprint density at radius 1 is 1.62 bits per heavy atom. The topological polar surface area (TPSA) is 123 Å². The van der Waals surface area contributed by atoms with Gasteiger partial charge in [0, 0.05) is 18.9 Å². The Balaban J connectivity index is 3.09. The first-order chi connectivity index (χ1) is 7.57. The van der Waals surface area contributed by atoms with Crippen LogP contribution in [0, 0.1) is 10.1 Å². The summed E-state index contributed by atoms with van der Waals surface area (Å²) in [5.74, 6) is -1.35. The van der Waals surface area contributed by atoms with Crippen LogP contribution in [0.1, 0.15) is 0 Å². The zero-order chi connectivity index (χ0) is 12.1. The number of carboxylic acid groups (broad SMARTS) is 1. The number of nitrogens with two attached hydrogens (primary N) is 1. The third-order valence-electron chi connectivity index (χ3n) is 1.91. The van der Waals surface area contributed by atoms with E-state index in [9.17, 15) is 14.9 Å². The summed E-state index contributed by atoms with van der Waals surface area (Å²) in [6.45, 7) is -0.362. The standard InChI is InChI=1S/C8H10N4O4/c9-5-7(8(13)14)11(12(15)16)6-1-3-10-4-2-6/h1-4,7H,5,9H2,(H,13,14)/t7-/m0/s1. The molecule has 0 saturated heterocycles. The predicted molar refractivity (Wildman–Crippen MR) is 54.2 cm³/mol. The monoisotopic (exact) mass is 226 g/mol. The maximum atomic E-state index is 10.8. The Morgan fingerprint density at radius 2 is 2.19 bits per heavy atom. The van der Waals surface area contributed by atoms with Gasteiger partial charge in [0.15, 0.2) is 5.03 Å². The van der Waals surface area contributed by atoms with Crippen LogP contribution < -0.4 is 10.7 Å². The number of anilines is 1. The smallest absolute Gasteiger partial charge is 0.334 e. The summed E-state index contributed by atoms with van der Waals surface area (Å²) in [5, 5.41) is 19.3. The summed E-state index contributed by atoms with van der Waals surface area (Å²) in [5.41, 5.74) is 5.33. The molecule has 0 unspecified atom stereocenters. The highest BCUT2D eigenvalue weighted by Gasteiger charge is 2.33. The molecule has 8 nitrogen and oxygen atoms in total. The maximum absolute atomic E-state index is 10.8. The summed E-state index contributed by atoms with van der Waals surface area (Å²) < 4.78 is 0. The first kappa shape index (κ1) is 11.9. The van der Waals surface area contributed by atoms with Gasteiger partial charge < -0.3 is 10.8 Å². The Morgan fingerprint density at radius 3 is 2.56 bits per heavy atom. The fraction of sp³-hybridized carbons (Fsp3) is 0.250. The van der Waals surface area contributed by atoms with Gasteiger partial charge in [-0.3, -0.25) is 4.98 Å². The van der Waals surface area contributed by atoms with Crippen LogP contribution in [0.15, 0.2) is 24.5 Å². The molecular formula is C8H10N4O4. The largest absolute Gasteiger partial charge is 0.480 e. The Bertz CT molecular complexity index is 383. The van der Waals surface area contributed by atoms with Gasteiger partial charge in [-0.2, -0.15) is 0 Å². The quantitative estimate of drug-likeness (QED) is 0.512. The number of pyridine rings is 1. The minimum Gasteiger partial charge on any atom is -0.480 e. The summed E-state index contributed by atoms with van der Waals surface area (Å²) in [4.78, 5) is 25.3. The fourth-order valence-electron chi connectivity index (χ4n) is 1.19. The zero-order valence-corrected chi connectivity index (χ0v) is 8.18. The molecule has 0 aliphatic rings. The van der Waals surface area contributed by atoms with Gasteiger partial charge in [0.25, 0.3) is 0 Å². The Hall–Kier alpha value is -2.22. The van der Waals surface area contributed by atoms with Crippen molar-refractivity contribution in [2.24, 2.45) is 5.73 Å². The van der Waals surface area contributed by atoms with Crippen molar-refractivity contribution in [1.82, 2.24) is 4.98 Å². The first-order valence-electron chi connectivity index (χ1n) is 4.34. The molecule has 8 heteroatoms. The van der Waals surface area contributed by atoms with Gasteiger partial charge in [0.2, 0.25) is 6.04 Å². The van der Waals surface area contributed by atoms with Gasteiger partial charge in [-0.25, -0.2) is 14.9 Å². The SMILES string of the molecule is NC[C@@H](C(=O)O)N(c1ccncc1)[N+](=O)[O-]. The van der Waals surface area contributed by atoms with Gasteiger partial charge in [-0.1, -0.05) is 5.01 Å². The second kappa shape index (κ2) is 5.03. The van der Waals surface area contributed by atoms with E-state index in [1.165, 1.54) is 24.5 Å². The van der Waals surface area contributed by atoms with E-state index in [1.54, 1.807) is 0 Å². The number of aliphatic carboxylic acids is 1. The average molecular weight is 226 g/mol. The van der Waals surface area contributed by atoms with Gasteiger partial charge in [-0.05, 0) is 12.1 Å². The summed E-state index contributed by atoms with van der Waals surface area (Å²) >= 11 is 0. The van der Waals surface area contributed by atoms with Crippen LogP contribution in [0.3, 0.4) is 0 Å². The van der Waals surface area contributed by atoms with E-state index >= 15 is 0 Å². The maximum Gasteiger partial charge on any atom is 0.334 e. The lowest BCUT2D eigenvalue weighted by Crippen LogP contribution is -2.49. The van der Waals surface area contributed by atoms with Crippen molar-refractivity contribution in [2.45, 2.75) is 6.04 Å². The van der Waals surface area contributed by atoms with E-state index in [4.69, 9.17) is 10.8 Å². The predicted octanol–water partition coefficient (Wildman–Crippen LogP) is -0.508. The van der Waals surface area contributed by atoms with Crippen LogP contribution in [0.5, 0.6) is 0 Å². The molecule has 0 radical (unpaired) electrons. The second-order valence-corrected chi connectivity index (χ2v) is 2.88. The van der Waals surface area contributed by atoms with E-state index < -0.39 is 17.0 Å². The molecule has 0 aromatic carbocycles. The minimum absolute atomic E-state index is 0.123. The summed E-state index contributed by atoms with van der Waals surface area (Å²) in [6.07, 6.45) is 2.67. The molecule has 16 heavy (non-hydrogen) atoms. The van der Waals surface area contributed by atoms with Crippen LogP contribution in [0.4, 0.5) is 5.69 Å². The molecular weight excluding hydrogens is 216 g/mol. The van der Waals surface area contributed by atoms with E-state index in [0.29, 0.717) is 5.01 Å². The number of aromatic nitrogens is 1. The molecule has 1 aromatic heterocycles. The summed E-state index contributed by atoms with van der Waals surface area (Å²) in [6, 6.07) is 1.28. The zero-order valence-electron chi connectivity index (χ0n) is 8.18. The number of hydrogen-bond donors (Lipinski definition) is 2. The van der Waals surface area contributed by atoms with E-state index in [0.717, 1.165) is 0 Å². The van der Waals surface area contributed by atoms with Crippen LogP contribution in [-0.2, 0) is 4.79 Å². The van der Waals surface area contributed by atoms with Crippen LogP contribution in [-0.4, -0.2) is 33.7 Å². The van der Waals surface area contributed by atoms with Crippen molar-refractivity contribution in [3.05, 3.63) is 34.6 Å². The van der Waals surface area contributed by atoms with Crippen LogP contribution >= 0.6 is 0 Å². The molecule has 1 atom stereocenters. The number of carbonyl (C=O) groups is 1. The number of nitro groups is 1. The second-order valence-electron chi connectivity index (χ2n) is 2.88. The molecule has 1 heterocycles. The van der Waals surface area contributed by atoms with Crippen LogP contribution in [0.25, 0.3) is 0 Å². The molecule has 0 aliphatic carbocycles. The molecule has 1 rings (SSSR count). The first-order valence-corrected chi connectivity index (χ1v) is 4.34. The molecule has 0 aliphatic heterocycles. The van der Waals surface area contributed by atoms with E-state index in [-0.39, 0.29) is 12.2 Å². The normalized spacial score (nSPS) is 11.8. The van der Waals surface area contributed by atoms with Crippen molar-refractivity contribution in [1.29, 1.82) is 0 Å². The Labute approximate surface area is 90.4 Å². The molecule has 0 amide bonds. The third-order valence-corrected chi connectivity index (χ3v) is 1.91. The molecule has 0 bridgehead atoms. The van der Waals surface area contributed by atoms with Gasteiger partial charge in [0.1, 0.15) is 5.69 Å². The average Bonchev–Trinajstić information content (AvgIpc) is 2.25. The third kappa shape index (κ3) is 2.42. The summed E-state index contributed by atoms with van der Waals surface area (Å²) in [7, 11) is 0. The number of hydrogen-bond acceptors (Lipinski definition) is 5. The van der Waals surface area contributed by atoms with Crippen LogP contribution in [0.2, 0.25) is 0 Å². The van der Waals surface area contributed by atoms with Crippen molar-refractivity contribution >= 4 is 11.7 Å². The fourth-order valence-corrected chi connectivity index (χ4v) is 1.19.